The number of fused-ring (bicyclic) bond motifs is 2. The maximum Gasteiger partial charge on any atom is 0.0933 e. The summed E-state index contributed by atoms with van der Waals surface area (Å²) in [6, 6.07) is 16.9. The predicted octanol–water partition coefficient (Wildman–Crippen LogP) is 4.99. The van der Waals surface area contributed by atoms with Gasteiger partial charge in [0.05, 0.1) is 17.2 Å². The third kappa shape index (κ3) is 2.26. The van der Waals surface area contributed by atoms with Gasteiger partial charge in [-0.05, 0) is 48.2 Å². The molecule has 0 saturated heterocycles. The Morgan fingerprint density at radius 2 is 2.00 bits per heavy atom. The summed E-state index contributed by atoms with van der Waals surface area (Å²) >= 11 is 6.08. The zero-order valence-electron chi connectivity index (χ0n) is 11.5. The first-order valence-electron chi connectivity index (χ1n) is 7.20. The van der Waals surface area contributed by atoms with Crippen molar-refractivity contribution in [1.82, 2.24) is 4.98 Å². The number of nitrogens with zero attached hydrogens (tertiary/aromatic N) is 1. The molecule has 0 saturated carbocycles. The van der Waals surface area contributed by atoms with E-state index in [4.69, 9.17) is 11.6 Å². The van der Waals surface area contributed by atoms with E-state index in [1.807, 2.05) is 18.3 Å². The summed E-state index contributed by atoms with van der Waals surface area (Å²) in [6.45, 7) is 0. The molecule has 0 amide bonds. The Hall–Kier alpha value is -2.06. The number of para-hydroxylation sites is 1. The first kappa shape index (κ1) is 12.7. The molecule has 3 aromatic rings. The third-order valence-corrected chi connectivity index (χ3v) is 4.38. The van der Waals surface area contributed by atoms with Gasteiger partial charge in [0, 0.05) is 16.6 Å². The molecule has 0 aliphatic heterocycles. The highest BCUT2D eigenvalue weighted by Crippen LogP contribution is 2.36. The number of anilines is 1. The summed E-state index contributed by atoms with van der Waals surface area (Å²) in [5.41, 5.74) is 4.84. The molecule has 2 aromatic carbocycles. The van der Waals surface area contributed by atoms with Crippen LogP contribution in [0.4, 0.5) is 5.69 Å². The minimum Gasteiger partial charge on any atom is -0.376 e. The first-order valence-corrected chi connectivity index (χ1v) is 7.58. The average Bonchev–Trinajstić information content (AvgIpc) is 2.90. The molecule has 104 valence electrons. The molecule has 0 fully saturated rings. The fourth-order valence-corrected chi connectivity index (χ4v) is 3.34. The quantitative estimate of drug-likeness (QED) is 0.720. The number of rotatable bonds is 2. The van der Waals surface area contributed by atoms with Gasteiger partial charge in [0.25, 0.3) is 0 Å². The van der Waals surface area contributed by atoms with Crippen LogP contribution in [-0.4, -0.2) is 4.98 Å². The van der Waals surface area contributed by atoms with Crippen LogP contribution in [0.1, 0.15) is 23.6 Å². The zero-order valence-corrected chi connectivity index (χ0v) is 12.3. The van der Waals surface area contributed by atoms with Crippen LogP contribution in [0.3, 0.4) is 0 Å². The lowest BCUT2D eigenvalue weighted by molar-refractivity contribution is 0.763. The minimum atomic E-state index is 0.338. The summed E-state index contributed by atoms with van der Waals surface area (Å²) in [5.74, 6) is 0. The van der Waals surface area contributed by atoms with Crippen LogP contribution < -0.4 is 5.32 Å². The Kier molecular flexibility index (Phi) is 3.04. The van der Waals surface area contributed by atoms with Crippen LogP contribution in [-0.2, 0) is 6.42 Å². The molecular weight excluding hydrogens is 280 g/mol. The van der Waals surface area contributed by atoms with Gasteiger partial charge in [-0.15, -0.1) is 0 Å². The molecule has 0 bridgehead atoms. The molecule has 1 N–H and O–H groups in total. The number of nitrogens with one attached hydrogen (secondary N) is 1. The van der Waals surface area contributed by atoms with Crippen molar-refractivity contribution in [3.05, 3.63) is 70.9 Å². The molecule has 0 radical (unpaired) electrons. The Balaban J connectivity index is 1.71. The van der Waals surface area contributed by atoms with Gasteiger partial charge in [-0.25, -0.2) is 0 Å². The lowest BCUT2D eigenvalue weighted by Gasteiger charge is -2.17. The SMILES string of the molecule is Clc1ccc2c(c1)CCC2Nc1cccc2cccnc12. The molecule has 2 nitrogen and oxygen atoms in total. The van der Waals surface area contributed by atoms with Gasteiger partial charge in [0.1, 0.15) is 0 Å². The Bertz CT molecular complexity index is 808. The maximum atomic E-state index is 6.08. The Morgan fingerprint density at radius 3 is 2.95 bits per heavy atom. The van der Waals surface area contributed by atoms with E-state index in [1.54, 1.807) is 0 Å². The number of benzene rings is 2. The number of hydrogen-bond donors (Lipinski definition) is 1. The largest absolute Gasteiger partial charge is 0.376 e. The van der Waals surface area contributed by atoms with Crippen molar-refractivity contribution >= 4 is 28.2 Å². The van der Waals surface area contributed by atoms with Gasteiger partial charge >= 0.3 is 0 Å². The van der Waals surface area contributed by atoms with Crippen LogP contribution in [0.2, 0.25) is 5.02 Å². The fraction of sp³-hybridized carbons (Fsp3) is 0.167. The summed E-state index contributed by atoms with van der Waals surface area (Å²) in [4.78, 5) is 4.51. The predicted molar refractivity (Wildman–Crippen MR) is 87.9 cm³/mol. The van der Waals surface area contributed by atoms with Gasteiger partial charge in [0.15, 0.2) is 0 Å². The van der Waals surface area contributed by atoms with Gasteiger partial charge < -0.3 is 5.32 Å². The standard InChI is InChI=1S/C18H15ClN2/c19-14-7-8-15-13(11-14)6-9-16(15)21-17-5-1-3-12-4-2-10-20-18(12)17/h1-5,7-8,10-11,16,21H,6,9H2. The zero-order chi connectivity index (χ0) is 14.2. The lowest BCUT2D eigenvalue weighted by atomic mass is 10.1. The molecule has 1 aliphatic rings. The number of aryl methyl sites for hydroxylation is 1. The van der Waals surface area contributed by atoms with E-state index >= 15 is 0 Å². The van der Waals surface area contributed by atoms with E-state index < -0.39 is 0 Å². The highest BCUT2D eigenvalue weighted by molar-refractivity contribution is 6.30. The highest BCUT2D eigenvalue weighted by Gasteiger charge is 2.22. The Morgan fingerprint density at radius 1 is 1.10 bits per heavy atom. The van der Waals surface area contributed by atoms with Crippen molar-refractivity contribution in [3.8, 4) is 0 Å². The highest BCUT2D eigenvalue weighted by atomic mass is 35.5. The third-order valence-electron chi connectivity index (χ3n) is 4.15. The van der Waals surface area contributed by atoms with Crippen LogP contribution in [0.5, 0.6) is 0 Å². The van der Waals surface area contributed by atoms with E-state index in [9.17, 15) is 0 Å². The Labute approximate surface area is 128 Å². The van der Waals surface area contributed by atoms with Crippen LogP contribution in [0.25, 0.3) is 10.9 Å². The molecule has 1 atom stereocenters. The smallest absolute Gasteiger partial charge is 0.0933 e. The number of hydrogen-bond acceptors (Lipinski definition) is 2. The van der Waals surface area contributed by atoms with Crippen molar-refractivity contribution in [1.29, 1.82) is 0 Å². The molecule has 1 heterocycles. The van der Waals surface area contributed by atoms with Crippen molar-refractivity contribution in [3.63, 3.8) is 0 Å². The molecule has 4 rings (SSSR count). The second-order valence-corrected chi connectivity index (χ2v) is 5.90. The van der Waals surface area contributed by atoms with Crippen molar-refractivity contribution < 1.29 is 0 Å². The maximum absolute atomic E-state index is 6.08. The summed E-state index contributed by atoms with van der Waals surface area (Å²) in [7, 11) is 0. The van der Waals surface area contributed by atoms with E-state index in [-0.39, 0.29) is 0 Å². The van der Waals surface area contributed by atoms with Crippen molar-refractivity contribution in [2.24, 2.45) is 0 Å². The topological polar surface area (TPSA) is 24.9 Å². The normalized spacial score (nSPS) is 16.9. The summed E-state index contributed by atoms with van der Waals surface area (Å²) in [6.07, 6.45) is 4.01. The van der Waals surface area contributed by atoms with Gasteiger partial charge in [-0.1, -0.05) is 35.9 Å². The van der Waals surface area contributed by atoms with E-state index in [1.165, 1.54) is 11.1 Å². The van der Waals surface area contributed by atoms with E-state index in [0.29, 0.717) is 6.04 Å². The molecule has 21 heavy (non-hydrogen) atoms. The summed E-state index contributed by atoms with van der Waals surface area (Å²) in [5, 5.41) is 5.64. The number of pyridine rings is 1. The van der Waals surface area contributed by atoms with Crippen molar-refractivity contribution in [2.75, 3.05) is 5.32 Å². The number of halogens is 1. The van der Waals surface area contributed by atoms with E-state index in [0.717, 1.165) is 34.5 Å². The van der Waals surface area contributed by atoms with Crippen LogP contribution in [0.15, 0.2) is 54.7 Å². The van der Waals surface area contributed by atoms with E-state index in [2.05, 4.69) is 46.7 Å². The monoisotopic (exact) mass is 294 g/mol. The second kappa shape index (κ2) is 5.05. The molecular formula is C18H15ClN2. The fourth-order valence-electron chi connectivity index (χ4n) is 3.14. The molecule has 1 unspecified atom stereocenters. The first-order chi connectivity index (χ1) is 10.3. The minimum absolute atomic E-state index is 0.338. The van der Waals surface area contributed by atoms with Crippen LogP contribution in [0, 0.1) is 0 Å². The molecule has 1 aromatic heterocycles. The average molecular weight is 295 g/mol. The van der Waals surface area contributed by atoms with Gasteiger partial charge in [-0.2, -0.15) is 0 Å². The summed E-state index contributed by atoms with van der Waals surface area (Å²) < 4.78 is 0. The molecule has 0 spiro atoms. The van der Waals surface area contributed by atoms with Gasteiger partial charge in [0.2, 0.25) is 0 Å². The molecule has 1 aliphatic carbocycles. The number of aromatic nitrogens is 1. The van der Waals surface area contributed by atoms with Gasteiger partial charge in [-0.3, -0.25) is 4.98 Å². The van der Waals surface area contributed by atoms with Crippen molar-refractivity contribution in [2.45, 2.75) is 18.9 Å². The molecule has 3 heteroatoms. The van der Waals surface area contributed by atoms with Crippen LogP contribution >= 0.6 is 11.6 Å². The second-order valence-electron chi connectivity index (χ2n) is 5.46. The lowest BCUT2D eigenvalue weighted by Crippen LogP contribution is -2.07.